The van der Waals surface area contributed by atoms with E-state index in [2.05, 4.69) is 0 Å². The van der Waals surface area contributed by atoms with E-state index in [9.17, 15) is 4.79 Å². The summed E-state index contributed by atoms with van der Waals surface area (Å²) in [6.07, 6.45) is 2.42. The lowest BCUT2D eigenvalue weighted by atomic mass is 10.1. The Hall–Kier alpha value is -0.610. The molecule has 4 heteroatoms. The van der Waals surface area contributed by atoms with Crippen molar-refractivity contribution in [1.82, 2.24) is 0 Å². The van der Waals surface area contributed by atoms with E-state index in [1.54, 1.807) is 0 Å². The minimum Gasteiger partial charge on any atom is -0.481 e. The second kappa shape index (κ2) is 6.79. The number of carboxylic acid groups (broad SMARTS) is 1. The fourth-order valence-corrected chi connectivity index (χ4v) is 0.697. The first kappa shape index (κ1) is 13.4. The quantitative estimate of drug-likeness (QED) is 0.374. The molecule has 0 amide bonds. The van der Waals surface area contributed by atoms with Gasteiger partial charge in [0.25, 0.3) is 0 Å². The van der Waals surface area contributed by atoms with Crippen molar-refractivity contribution in [1.29, 1.82) is 0 Å². The zero-order valence-corrected chi connectivity index (χ0v) is 9.21. The number of rotatable bonds is 8. The Morgan fingerprint density at radius 3 is 2.50 bits per heavy atom. The van der Waals surface area contributed by atoms with Crippen LogP contribution >= 0.6 is 0 Å². The van der Waals surface area contributed by atoms with Gasteiger partial charge in [-0.2, -0.15) is 0 Å². The van der Waals surface area contributed by atoms with Gasteiger partial charge in [0.05, 0.1) is 12.2 Å². The van der Waals surface area contributed by atoms with E-state index < -0.39 is 5.97 Å². The molecule has 0 radical (unpaired) electrons. The molecule has 0 unspecified atom stereocenters. The first-order valence-corrected chi connectivity index (χ1v) is 5.00. The molecule has 0 aromatic carbocycles. The maximum atomic E-state index is 10.2. The van der Waals surface area contributed by atoms with Crippen LogP contribution in [0.1, 0.15) is 46.5 Å². The van der Waals surface area contributed by atoms with Gasteiger partial charge in [0, 0.05) is 6.42 Å². The molecule has 0 aromatic heterocycles. The molecule has 0 heterocycles. The highest BCUT2D eigenvalue weighted by Gasteiger charge is 2.16. The van der Waals surface area contributed by atoms with E-state index in [0.29, 0.717) is 19.4 Å². The average Bonchev–Trinajstić information content (AvgIpc) is 2.10. The van der Waals surface area contributed by atoms with Crippen molar-refractivity contribution in [3.05, 3.63) is 0 Å². The Bertz CT molecular complexity index is 166. The van der Waals surface area contributed by atoms with Crippen LogP contribution in [-0.4, -0.2) is 23.3 Å². The van der Waals surface area contributed by atoms with Crippen molar-refractivity contribution in [3.8, 4) is 0 Å². The van der Waals surface area contributed by atoms with Gasteiger partial charge < -0.3 is 5.11 Å². The Kier molecular flexibility index (Phi) is 6.49. The lowest BCUT2D eigenvalue weighted by Gasteiger charge is -2.21. The van der Waals surface area contributed by atoms with Crippen molar-refractivity contribution in [2.45, 2.75) is 52.1 Å². The molecule has 0 aromatic rings. The lowest BCUT2D eigenvalue weighted by molar-refractivity contribution is -0.353. The van der Waals surface area contributed by atoms with Crippen molar-refractivity contribution >= 4 is 5.97 Å². The van der Waals surface area contributed by atoms with Gasteiger partial charge >= 0.3 is 5.97 Å². The number of carboxylic acids is 1. The van der Waals surface area contributed by atoms with Crippen molar-refractivity contribution < 1.29 is 19.7 Å². The molecule has 0 bridgehead atoms. The van der Waals surface area contributed by atoms with Gasteiger partial charge in [0.15, 0.2) is 0 Å². The molecule has 0 spiro atoms. The van der Waals surface area contributed by atoms with Crippen LogP contribution < -0.4 is 0 Å². The van der Waals surface area contributed by atoms with Gasteiger partial charge in [-0.3, -0.25) is 4.79 Å². The summed E-state index contributed by atoms with van der Waals surface area (Å²) < 4.78 is 0. The standard InChI is InChI=1S/C10H20O4/c1-4-10(2,3)14-13-8-6-5-7-9(11)12/h4-8H2,1-3H3,(H,11,12). The molecule has 0 aliphatic heterocycles. The first-order chi connectivity index (χ1) is 6.48. The average molecular weight is 204 g/mol. The van der Waals surface area contributed by atoms with Crippen molar-refractivity contribution in [2.75, 3.05) is 6.61 Å². The Morgan fingerprint density at radius 1 is 1.36 bits per heavy atom. The fourth-order valence-electron chi connectivity index (χ4n) is 0.697. The van der Waals surface area contributed by atoms with E-state index >= 15 is 0 Å². The monoisotopic (exact) mass is 204 g/mol. The molecule has 0 rings (SSSR count). The summed E-state index contributed by atoms with van der Waals surface area (Å²) in [5.74, 6) is -0.764. The summed E-state index contributed by atoms with van der Waals surface area (Å²) in [5, 5.41) is 8.37. The Balaban J connectivity index is 3.25. The van der Waals surface area contributed by atoms with E-state index in [1.807, 2.05) is 20.8 Å². The molecular formula is C10H20O4. The van der Waals surface area contributed by atoms with E-state index in [-0.39, 0.29) is 12.0 Å². The van der Waals surface area contributed by atoms with E-state index in [1.165, 1.54) is 0 Å². The Labute approximate surface area is 85.1 Å². The van der Waals surface area contributed by atoms with Crippen LogP contribution in [0.3, 0.4) is 0 Å². The molecule has 0 fully saturated rings. The van der Waals surface area contributed by atoms with Crippen LogP contribution in [-0.2, 0) is 14.6 Å². The third-order valence-corrected chi connectivity index (χ3v) is 2.00. The Morgan fingerprint density at radius 2 is 2.00 bits per heavy atom. The van der Waals surface area contributed by atoms with Crippen LogP contribution in [0, 0.1) is 0 Å². The minimum atomic E-state index is -0.764. The van der Waals surface area contributed by atoms with Crippen LogP contribution in [0.4, 0.5) is 0 Å². The number of hydrogen-bond acceptors (Lipinski definition) is 3. The van der Waals surface area contributed by atoms with Crippen LogP contribution in [0.2, 0.25) is 0 Å². The third-order valence-electron chi connectivity index (χ3n) is 2.00. The molecule has 0 saturated carbocycles. The summed E-state index contributed by atoms with van der Waals surface area (Å²) in [6.45, 7) is 6.37. The summed E-state index contributed by atoms with van der Waals surface area (Å²) in [6, 6.07) is 0. The maximum Gasteiger partial charge on any atom is 0.303 e. The summed E-state index contributed by atoms with van der Waals surface area (Å²) in [4.78, 5) is 20.3. The SMILES string of the molecule is CCC(C)(C)OOCCCCC(=O)O. The zero-order chi connectivity index (χ0) is 11.0. The normalized spacial score (nSPS) is 11.6. The molecule has 0 aliphatic rings. The second-order valence-corrected chi connectivity index (χ2v) is 3.87. The van der Waals surface area contributed by atoms with E-state index in [4.69, 9.17) is 14.9 Å². The fraction of sp³-hybridized carbons (Fsp3) is 0.900. The molecule has 1 N–H and O–H groups in total. The van der Waals surface area contributed by atoms with Crippen LogP contribution in [0.25, 0.3) is 0 Å². The topological polar surface area (TPSA) is 55.8 Å². The molecule has 84 valence electrons. The molecule has 14 heavy (non-hydrogen) atoms. The van der Waals surface area contributed by atoms with Crippen molar-refractivity contribution in [3.63, 3.8) is 0 Å². The predicted octanol–water partition coefficient (Wildman–Crippen LogP) is 2.38. The molecule has 0 atom stereocenters. The third kappa shape index (κ3) is 8.01. The number of hydrogen-bond donors (Lipinski definition) is 1. The summed E-state index contributed by atoms with van der Waals surface area (Å²) in [5.41, 5.74) is -0.257. The molecule has 0 saturated heterocycles. The molecule has 4 nitrogen and oxygen atoms in total. The van der Waals surface area contributed by atoms with Gasteiger partial charge in [0.1, 0.15) is 0 Å². The van der Waals surface area contributed by atoms with Gasteiger partial charge in [-0.25, -0.2) is 9.78 Å². The van der Waals surface area contributed by atoms with Gasteiger partial charge in [-0.15, -0.1) is 0 Å². The molecular weight excluding hydrogens is 184 g/mol. The smallest absolute Gasteiger partial charge is 0.303 e. The summed E-state index contributed by atoms with van der Waals surface area (Å²) >= 11 is 0. The van der Waals surface area contributed by atoms with Gasteiger partial charge in [-0.05, 0) is 33.1 Å². The highest BCUT2D eigenvalue weighted by atomic mass is 17.2. The predicted molar refractivity (Wildman–Crippen MR) is 52.9 cm³/mol. The van der Waals surface area contributed by atoms with Gasteiger partial charge in [0.2, 0.25) is 0 Å². The van der Waals surface area contributed by atoms with Crippen molar-refractivity contribution in [2.24, 2.45) is 0 Å². The van der Waals surface area contributed by atoms with Crippen LogP contribution in [0.15, 0.2) is 0 Å². The lowest BCUT2D eigenvalue weighted by Crippen LogP contribution is -2.23. The van der Waals surface area contributed by atoms with E-state index in [0.717, 1.165) is 6.42 Å². The zero-order valence-electron chi connectivity index (χ0n) is 9.21. The number of carbonyl (C=O) groups is 1. The first-order valence-electron chi connectivity index (χ1n) is 5.00. The number of unbranched alkanes of at least 4 members (excludes halogenated alkanes) is 1. The maximum absolute atomic E-state index is 10.2. The van der Waals surface area contributed by atoms with Gasteiger partial charge in [-0.1, -0.05) is 6.92 Å². The highest BCUT2D eigenvalue weighted by molar-refractivity contribution is 5.66. The minimum absolute atomic E-state index is 0.195. The summed E-state index contributed by atoms with van der Waals surface area (Å²) in [7, 11) is 0. The van der Waals surface area contributed by atoms with Crippen LogP contribution in [0.5, 0.6) is 0 Å². The largest absolute Gasteiger partial charge is 0.481 e. The molecule has 0 aliphatic carbocycles. The number of aliphatic carboxylic acids is 1. The highest BCUT2D eigenvalue weighted by Crippen LogP contribution is 2.13. The second-order valence-electron chi connectivity index (χ2n) is 3.87.